The maximum atomic E-state index is 12.8. The summed E-state index contributed by atoms with van der Waals surface area (Å²) in [6.45, 7) is 6.13. The number of nitrogens with one attached hydrogen (secondary N) is 1. The Labute approximate surface area is 144 Å². The highest BCUT2D eigenvalue weighted by atomic mass is 32.1. The minimum atomic E-state index is -0.203. The number of aryl methyl sites for hydroxylation is 1. The van der Waals surface area contributed by atoms with Crippen molar-refractivity contribution in [2.24, 2.45) is 5.92 Å². The number of hydrogen-bond acceptors (Lipinski definition) is 5. The van der Waals surface area contributed by atoms with Crippen LogP contribution in [-0.2, 0) is 0 Å². The summed E-state index contributed by atoms with van der Waals surface area (Å²) in [4.78, 5) is 18.1. The van der Waals surface area contributed by atoms with E-state index in [2.05, 4.69) is 33.6 Å². The molecule has 7 heteroatoms. The molecular formula is C17H19N5OS. The van der Waals surface area contributed by atoms with E-state index < -0.39 is 0 Å². The Balaban J connectivity index is 1.74. The number of imidazole rings is 1. The predicted octanol–water partition coefficient (Wildman–Crippen LogP) is 3.08. The molecule has 0 radical (unpaired) electrons. The molecule has 24 heavy (non-hydrogen) atoms. The molecule has 0 atom stereocenters. The summed E-state index contributed by atoms with van der Waals surface area (Å²) in [6.07, 6.45) is 5.70. The maximum Gasteiger partial charge on any atom is 0.272 e. The van der Waals surface area contributed by atoms with Gasteiger partial charge in [-0.25, -0.2) is 13.9 Å². The molecule has 0 spiro atoms. The zero-order chi connectivity index (χ0) is 16.9. The molecule has 1 fully saturated rings. The number of carbonyl (C=O) groups is 1. The topological polar surface area (TPSA) is 72.2 Å². The van der Waals surface area contributed by atoms with Crippen LogP contribution in [0.2, 0.25) is 0 Å². The van der Waals surface area contributed by atoms with E-state index in [1.54, 1.807) is 16.9 Å². The minimum Gasteiger partial charge on any atom is -0.345 e. The zero-order valence-corrected chi connectivity index (χ0v) is 14.7. The van der Waals surface area contributed by atoms with Gasteiger partial charge in [0.1, 0.15) is 5.69 Å². The van der Waals surface area contributed by atoms with Gasteiger partial charge in [-0.3, -0.25) is 4.79 Å². The Kier molecular flexibility index (Phi) is 3.42. The molecule has 0 aromatic carbocycles. The predicted molar refractivity (Wildman–Crippen MR) is 93.1 cm³/mol. The molecule has 0 aliphatic heterocycles. The number of nitrogens with zero attached hydrogens (tertiary/aromatic N) is 4. The summed E-state index contributed by atoms with van der Waals surface area (Å²) < 4.78 is 5.77. The summed E-state index contributed by atoms with van der Waals surface area (Å²) in [7, 11) is 0. The van der Waals surface area contributed by atoms with Crippen molar-refractivity contribution in [1.29, 1.82) is 0 Å². The molecule has 1 aliphatic rings. The molecule has 4 rings (SSSR count). The third kappa shape index (κ3) is 2.58. The second-order valence-corrected chi connectivity index (χ2v) is 7.75. The summed E-state index contributed by atoms with van der Waals surface area (Å²) >= 11 is 1.39. The summed E-state index contributed by atoms with van der Waals surface area (Å²) in [5.74, 6) is 0.427. The number of carbonyl (C=O) groups excluding carboxylic acids is 1. The number of hydrogen-bond donors (Lipinski definition) is 1. The molecule has 1 N–H and O–H groups in total. The summed E-state index contributed by atoms with van der Waals surface area (Å²) in [5.41, 5.74) is 2.75. The molecule has 1 amide bonds. The number of amides is 1. The van der Waals surface area contributed by atoms with E-state index in [4.69, 9.17) is 0 Å². The van der Waals surface area contributed by atoms with Crippen molar-refractivity contribution in [2.75, 3.05) is 0 Å². The van der Waals surface area contributed by atoms with Crippen LogP contribution in [0.4, 0.5) is 0 Å². The van der Waals surface area contributed by atoms with Gasteiger partial charge in [-0.1, -0.05) is 0 Å². The fourth-order valence-electron chi connectivity index (χ4n) is 3.01. The van der Waals surface area contributed by atoms with Gasteiger partial charge in [-0.05, 0) is 68.8 Å². The van der Waals surface area contributed by atoms with Crippen LogP contribution in [0.5, 0.6) is 0 Å². The molecule has 6 nitrogen and oxygen atoms in total. The molecule has 0 saturated heterocycles. The molecule has 124 valence electrons. The van der Waals surface area contributed by atoms with E-state index in [0.717, 1.165) is 16.1 Å². The van der Waals surface area contributed by atoms with Gasteiger partial charge in [0.2, 0.25) is 0 Å². The highest BCUT2D eigenvalue weighted by Gasteiger charge is 2.39. The second-order valence-electron chi connectivity index (χ2n) is 6.92. The van der Waals surface area contributed by atoms with Crippen molar-refractivity contribution >= 4 is 23.1 Å². The van der Waals surface area contributed by atoms with Crippen LogP contribution in [0, 0.1) is 12.8 Å². The fraction of sp³-hybridized carbons (Fsp3) is 0.412. The van der Waals surface area contributed by atoms with Crippen molar-refractivity contribution in [3.63, 3.8) is 0 Å². The van der Waals surface area contributed by atoms with E-state index >= 15 is 0 Å². The van der Waals surface area contributed by atoms with Gasteiger partial charge < -0.3 is 5.32 Å². The third-order valence-corrected chi connectivity index (χ3v) is 5.38. The van der Waals surface area contributed by atoms with Crippen LogP contribution < -0.4 is 5.32 Å². The van der Waals surface area contributed by atoms with E-state index in [1.165, 1.54) is 24.4 Å². The van der Waals surface area contributed by atoms with Gasteiger partial charge >= 0.3 is 0 Å². The van der Waals surface area contributed by atoms with Crippen LogP contribution in [0.3, 0.4) is 0 Å². The monoisotopic (exact) mass is 341 g/mol. The molecule has 1 saturated carbocycles. The molecule has 3 aromatic heterocycles. The van der Waals surface area contributed by atoms with Gasteiger partial charge in [0.15, 0.2) is 11.3 Å². The Morgan fingerprint density at radius 3 is 2.88 bits per heavy atom. The first-order valence-electron chi connectivity index (χ1n) is 8.04. The lowest BCUT2D eigenvalue weighted by atomic mass is 9.98. The lowest BCUT2D eigenvalue weighted by molar-refractivity contribution is 0.0896. The SMILES string of the molecule is Cc1cc(-c2ccns2)nn2c(C(=O)NC(C)(C)C3CC3)cnc12. The molecule has 0 bridgehead atoms. The van der Waals surface area contributed by atoms with Crippen molar-refractivity contribution < 1.29 is 4.79 Å². The van der Waals surface area contributed by atoms with Crippen molar-refractivity contribution in [2.45, 2.75) is 39.2 Å². The standard InChI is InChI=1S/C17H19N5OS/c1-10-8-12(14-6-7-19-24-14)21-22-13(9-18-15(10)22)16(23)20-17(2,3)11-4-5-11/h6-9,11H,4-5H2,1-3H3,(H,20,23). The highest BCUT2D eigenvalue weighted by molar-refractivity contribution is 7.09. The number of rotatable bonds is 4. The lowest BCUT2D eigenvalue weighted by Gasteiger charge is -2.25. The Bertz CT molecular complexity index is 909. The molecule has 3 aromatic rings. The minimum absolute atomic E-state index is 0.132. The zero-order valence-electron chi connectivity index (χ0n) is 13.9. The van der Waals surface area contributed by atoms with Crippen molar-refractivity contribution in [1.82, 2.24) is 24.3 Å². The molecule has 0 unspecified atom stereocenters. The van der Waals surface area contributed by atoms with E-state index in [9.17, 15) is 4.79 Å². The Morgan fingerprint density at radius 2 is 2.21 bits per heavy atom. The normalized spacial score (nSPS) is 15.0. The van der Waals surface area contributed by atoms with E-state index in [0.29, 0.717) is 17.3 Å². The third-order valence-electron chi connectivity index (χ3n) is 4.61. The van der Waals surface area contributed by atoms with E-state index in [1.807, 2.05) is 19.1 Å². The van der Waals surface area contributed by atoms with Crippen LogP contribution in [-0.4, -0.2) is 30.4 Å². The van der Waals surface area contributed by atoms with Crippen molar-refractivity contribution in [3.8, 4) is 10.6 Å². The first-order chi connectivity index (χ1) is 11.5. The first-order valence-corrected chi connectivity index (χ1v) is 8.82. The number of fused-ring (bicyclic) bond motifs is 1. The van der Waals surface area contributed by atoms with Crippen LogP contribution in [0.15, 0.2) is 24.5 Å². The lowest BCUT2D eigenvalue weighted by Crippen LogP contribution is -2.45. The highest BCUT2D eigenvalue weighted by Crippen LogP contribution is 2.39. The van der Waals surface area contributed by atoms with Crippen LogP contribution >= 0.6 is 11.5 Å². The largest absolute Gasteiger partial charge is 0.345 e. The van der Waals surface area contributed by atoms with Gasteiger partial charge in [0, 0.05) is 11.7 Å². The second kappa shape index (κ2) is 5.37. The summed E-state index contributed by atoms with van der Waals surface area (Å²) in [6, 6.07) is 3.90. The molecular weight excluding hydrogens is 322 g/mol. The van der Waals surface area contributed by atoms with Gasteiger partial charge in [0.05, 0.1) is 11.1 Å². The summed E-state index contributed by atoms with van der Waals surface area (Å²) in [5, 5.41) is 7.75. The Hall–Kier alpha value is -2.28. The molecule has 1 aliphatic carbocycles. The average molecular weight is 341 g/mol. The van der Waals surface area contributed by atoms with Crippen molar-refractivity contribution in [3.05, 3.63) is 35.8 Å². The molecule has 3 heterocycles. The van der Waals surface area contributed by atoms with Gasteiger partial charge in [-0.15, -0.1) is 0 Å². The van der Waals surface area contributed by atoms with Gasteiger partial charge in [-0.2, -0.15) is 5.10 Å². The number of aromatic nitrogens is 4. The first kappa shape index (κ1) is 15.3. The maximum absolute atomic E-state index is 12.8. The van der Waals surface area contributed by atoms with Crippen LogP contribution in [0.25, 0.3) is 16.2 Å². The van der Waals surface area contributed by atoms with Gasteiger partial charge in [0.25, 0.3) is 5.91 Å². The Morgan fingerprint density at radius 1 is 1.42 bits per heavy atom. The average Bonchev–Trinajstić information content (AvgIpc) is 3.09. The fourth-order valence-corrected chi connectivity index (χ4v) is 3.56. The van der Waals surface area contributed by atoms with Crippen LogP contribution in [0.1, 0.15) is 42.7 Å². The van der Waals surface area contributed by atoms with E-state index in [-0.39, 0.29) is 11.4 Å². The smallest absolute Gasteiger partial charge is 0.272 e. The quantitative estimate of drug-likeness (QED) is 0.791.